The first-order valence-electron chi connectivity index (χ1n) is 11.4. The van der Waals surface area contributed by atoms with E-state index in [9.17, 15) is 4.39 Å². The van der Waals surface area contributed by atoms with Gasteiger partial charge in [0.05, 0.1) is 11.7 Å². The highest BCUT2D eigenvalue weighted by Gasteiger charge is 2.28. The third kappa shape index (κ3) is 3.78. The number of alkyl halides is 1. The fourth-order valence-electron chi connectivity index (χ4n) is 4.71. The van der Waals surface area contributed by atoms with Gasteiger partial charge in [-0.2, -0.15) is 4.98 Å². The summed E-state index contributed by atoms with van der Waals surface area (Å²) in [5, 5.41) is 11.0. The van der Waals surface area contributed by atoms with Gasteiger partial charge in [0.1, 0.15) is 23.0 Å². The van der Waals surface area contributed by atoms with Crippen molar-refractivity contribution in [1.82, 2.24) is 34.0 Å². The Morgan fingerprint density at radius 3 is 2.70 bits per heavy atom. The van der Waals surface area contributed by atoms with Gasteiger partial charge in [0.25, 0.3) is 0 Å². The summed E-state index contributed by atoms with van der Waals surface area (Å²) in [6, 6.07) is 5.92. The molecule has 1 saturated heterocycles. The lowest BCUT2D eigenvalue weighted by molar-refractivity contribution is 0.149. The third-order valence-electron chi connectivity index (χ3n) is 6.31. The van der Waals surface area contributed by atoms with Gasteiger partial charge < -0.3 is 20.1 Å². The second kappa shape index (κ2) is 8.26. The van der Waals surface area contributed by atoms with Gasteiger partial charge in [-0.3, -0.25) is 0 Å². The van der Waals surface area contributed by atoms with E-state index in [1.165, 1.54) is 0 Å². The maximum Gasteiger partial charge on any atom is 0.243 e. The lowest BCUT2D eigenvalue weighted by Gasteiger charge is -2.32. The van der Waals surface area contributed by atoms with Crippen molar-refractivity contribution in [3.05, 3.63) is 30.2 Å². The number of likely N-dealkylation sites (tertiary alicyclic amines) is 1. The normalized spacial score (nSPS) is 19.6. The van der Waals surface area contributed by atoms with E-state index >= 15 is 0 Å². The van der Waals surface area contributed by atoms with Crippen molar-refractivity contribution in [2.45, 2.75) is 45.4 Å². The lowest BCUT2D eigenvalue weighted by Crippen LogP contribution is -2.46. The Labute approximate surface area is 192 Å². The average molecular weight is 452 g/mol. The van der Waals surface area contributed by atoms with Crippen molar-refractivity contribution >= 4 is 28.4 Å². The first kappa shape index (κ1) is 21.6. The van der Waals surface area contributed by atoms with Crippen LogP contribution in [0.3, 0.4) is 0 Å². The molecule has 0 radical (unpaired) electrons. The maximum atomic E-state index is 14.5. The highest BCUT2D eigenvalue weighted by atomic mass is 19.1. The smallest absolute Gasteiger partial charge is 0.243 e. The summed E-state index contributed by atoms with van der Waals surface area (Å²) >= 11 is 0. The van der Waals surface area contributed by atoms with Gasteiger partial charge in [0.2, 0.25) is 5.95 Å². The number of nitrogens with zero attached hydrogens (tertiary/aromatic N) is 7. The van der Waals surface area contributed by atoms with E-state index in [-0.39, 0.29) is 12.1 Å². The van der Waals surface area contributed by atoms with E-state index in [0.29, 0.717) is 24.7 Å². The van der Waals surface area contributed by atoms with Crippen molar-refractivity contribution in [3.8, 4) is 11.3 Å². The van der Waals surface area contributed by atoms with Crippen molar-refractivity contribution in [3.63, 3.8) is 0 Å². The van der Waals surface area contributed by atoms with Crippen LogP contribution in [0.4, 0.5) is 16.2 Å². The molecule has 0 amide bonds. The Balaban J connectivity index is 1.55. The summed E-state index contributed by atoms with van der Waals surface area (Å²) in [6.45, 7) is 7.51. The molecular formula is C23H30FN9. The molecule has 174 valence electrons. The number of hydrogen-bond acceptors (Lipinski definition) is 7. The summed E-state index contributed by atoms with van der Waals surface area (Å²) < 4.78 is 18.4. The molecule has 33 heavy (non-hydrogen) atoms. The molecule has 4 aromatic rings. The molecule has 1 fully saturated rings. The molecular weight excluding hydrogens is 421 g/mol. The van der Waals surface area contributed by atoms with E-state index < -0.39 is 6.17 Å². The summed E-state index contributed by atoms with van der Waals surface area (Å²) in [5.41, 5.74) is 4.31. The number of halogens is 1. The molecule has 0 spiro atoms. The van der Waals surface area contributed by atoms with Crippen molar-refractivity contribution < 1.29 is 4.39 Å². The highest BCUT2D eigenvalue weighted by Crippen LogP contribution is 2.31. The number of aryl methyl sites for hydroxylation is 1. The Bertz CT molecular complexity index is 1310. The van der Waals surface area contributed by atoms with E-state index in [1.807, 2.05) is 50.3 Å². The number of piperidine rings is 1. The van der Waals surface area contributed by atoms with Crippen LogP contribution in [0.25, 0.3) is 27.9 Å². The molecule has 0 aliphatic carbocycles. The fraction of sp³-hybridized carbons (Fsp3) is 0.478. The van der Waals surface area contributed by atoms with E-state index in [1.54, 1.807) is 4.52 Å². The van der Waals surface area contributed by atoms with Gasteiger partial charge in [-0.25, -0.2) is 18.9 Å². The van der Waals surface area contributed by atoms with Crippen LogP contribution < -0.4 is 10.6 Å². The topological polar surface area (TPSA) is 88.2 Å². The molecule has 0 aromatic carbocycles. The minimum absolute atomic E-state index is 0.257. The maximum absolute atomic E-state index is 14.5. The van der Waals surface area contributed by atoms with Gasteiger partial charge in [-0.15, -0.1) is 5.10 Å². The Morgan fingerprint density at radius 1 is 1.15 bits per heavy atom. The van der Waals surface area contributed by atoms with Crippen LogP contribution in [0.5, 0.6) is 0 Å². The number of aromatic nitrogens is 6. The number of anilines is 2. The number of nitrogens with one attached hydrogen (secondary N) is 2. The molecule has 0 unspecified atom stereocenters. The molecule has 4 aromatic heterocycles. The fourth-order valence-corrected chi connectivity index (χ4v) is 4.71. The minimum Gasteiger partial charge on any atom is -0.371 e. The number of rotatable bonds is 5. The molecule has 1 aliphatic rings. The standard InChI is InChI=1S/C23H30FN9/c1-13(2)33-14(3)26-19-7-6-17(27-22(19)33)15-8-11-32-20(15)21(25-4)29-23(30-32)28-18-9-10-31(5)12-16(18)24/h6-8,11,13,16,18H,9-10,12H2,1-5H3,(H2,25,28,29,30)/t16-,18+/m1/s1. The van der Waals surface area contributed by atoms with Crippen molar-refractivity contribution in [1.29, 1.82) is 0 Å². The molecule has 10 heteroatoms. The second-order valence-electron chi connectivity index (χ2n) is 9.04. The summed E-state index contributed by atoms with van der Waals surface area (Å²) in [5.74, 6) is 2.01. The van der Waals surface area contributed by atoms with Gasteiger partial charge >= 0.3 is 0 Å². The third-order valence-corrected chi connectivity index (χ3v) is 6.31. The van der Waals surface area contributed by atoms with Gasteiger partial charge in [-0.05, 0) is 52.4 Å². The summed E-state index contributed by atoms with van der Waals surface area (Å²) in [4.78, 5) is 16.3. The lowest BCUT2D eigenvalue weighted by atomic mass is 10.0. The number of pyridine rings is 1. The zero-order valence-corrected chi connectivity index (χ0v) is 19.7. The molecule has 0 saturated carbocycles. The van der Waals surface area contributed by atoms with Crippen LogP contribution in [0.2, 0.25) is 0 Å². The molecule has 2 N–H and O–H groups in total. The number of hydrogen-bond donors (Lipinski definition) is 2. The molecule has 0 bridgehead atoms. The first-order chi connectivity index (χ1) is 15.9. The van der Waals surface area contributed by atoms with Crippen LogP contribution in [-0.4, -0.2) is 73.4 Å². The molecule has 2 atom stereocenters. The first-order valence-corrected chi connectivity index (χ1v) is 11.4. The molecule has 9 nitrogen and oxygen atoms in total. The Hall–Kier alpha value is -3.27. The number of imidazole rings is 1. The number of fused-ring (bicyclic) bond motifs is 2. The second-order valence-corrected chi connectivity index (χ2v) is 9.04. The van der Waals surface area contributed by atoms with Crippen molar-refractivity contribution in [2.75, 3.05) is 37.8 Å². The van der Waals surface area contributed by atoms with Crippen LogP contribution >= 0.6 is 0 Å². The molecule has 1 aliphatic heterocycles. The van der Waals surface area contributed by atoms with Gasteiger partial charge in [0, 0.05) is 37.9 Å². The van der Waals surface area contributed by atoms with Crippen LogP contribution in [0.15, 0.2) is 24.4 Å². The van der Waals surface area contributed by atoms with Crippen LogP contribution in [0.1, 0.15) is 32.1 Å². The Kier molecular flexibility index (Phi) is 5.40. The quantitative estimate of drug-likeness (QED) is 0.480. The monoisotopic (exact) mass is 451 g/mol. The SMILES string of the molecule is CNc1nc(N[C@H]2CCN(C)C[C@H]2F)nn2ccc(-c3ccc4nc(C)n(C(C)C)c4n3)c12. The average Bonchev–Trinajstić information content (AvgIpc) is 3.34. The van der Waals surface area contributed by atoms with E-state index in [2.05, 4.69) is 44.1 Å². The highest BCUT2D eigenvalue weighted by molar-refractivity contribution is 5.89. The van der Waals surface area contributed by atoms with E-state index in [0.717, 1.165) is 40.3 Å². The van der Waals surface area contributed by atoms with E-state index in [4.69, 9.17) is 4.98 Å². The summed E-state index contributed by atoms with van der Waals surface area (Å²) in [7, 11) is 3.76. The largest absolute Gasteiger partial charge is 0.371 e. The zero-order chi connectivity index (χ0) is 23.3. The van der Waals surface area contributed by atoms with Gasteiger partial charge in [0.15, 0.2) is 11.5 Å². The molecule has 5 rings (SSSR count). The summed E-state index contributed by atoms with van der Waals surface area (Å²) in [6.07, 6.45) is 1.63. The predicted octanol–water partition coefficient (Wildman–Crippen LogP) is 3.53. The minimum atomic E-state index is -0.966. The van der Waals surface area contributed by atoms with Crippen LogP contribution in [0, 0.1) is 6.92 Å². The van der Waals surface area contributed by atoms with Gasteiger partial charge in [-0.1, -0.05) is 0 Å². The Morgan fingerprint density at radius 2 is 1.97 bits per heavy atom. The molecule has 5 heterocycles. The predicted molar refractivity (Wildman–Crippen MR) is 129 cm³/mol. The van der Waals surface area contributed by atoms with Crippen LogP contribution in [-0.2, 0) is 0 Å². The zero-order valence-electron chi connectivity index (χ0n) is 19.7. The van der Waals surface area contributed by atoms with Crippen molar-refractivity contribution in [2.24, 2.45) is 0 Å².